The average Bonchev–Trinajstić information content (AvgIpc) is 2.52. The van der Waals surface area contributed by atoms with Gasteiger partial charge in [-0.05, 0) is 6.07 Å². The Morgan fingerprint density at radius 3 is 2.59 bits per heavy atom. The van der Waals surface area contributed by atoms with Crippen LogP contribution in [0.4, 0.5) is 19.1 Å². The van der Waals surface area contributed by atoms with E-state index < -0.39 is 11.9 Å². The summed E-state index contributed by atoms with van der Waals surface area (Å²) in [6, 6.07) is 0.841. The van der Waals surface area contributed by atoms with Gasteiger partial charge < -0.3 is 14.5 Å². The highest BCUT2D eigenvalue weighted by molar-refractivity contribution is 5.76. The van der Waals surface area contributed by atoms with Crippen molar-refractivity contribution in [3.8, 4) is 0 Å². The smallest absolute Gasteiger partial charge is 0.384 e. The molecule has 0 aliphatic carbocycles. The second-order valence-electron chi connectivity index (χ2n) is 4.85. The lowest BCUT2D eigenvalue weighted by Gasteiger charge is -2.34. The number of rotatable bonds is 4. The lowest BCUT2D eigenvalue weighted by Crippen LogP contribution is -2.49. The first-order chi connectivity index (χ1) is 10.4. The van der Waals surface area contributed by atoms with Crippen LogP contribution in [0.1, 0.15) is 12.1 Å². The van der Waals surface area contributed by atoms with Gasteiger partial charge in [-0.25, -0.2) is 9.97 Å². The Bertz CT molecular complexity index is 516. The monoisotopic (exact) mass is 318 g/mol. The summed E-state index contributed by atoms with van der Waals surface area (Å²) in [6.07, 6.45) is -3.09. The molecule has 6 nitrogen and oxygen atoms in total. The number of piperazine rings is 1. The molecule has 0 atom stereocenters. The van der Waals surface area contributed by atoms with Crippen molar-refractivity contribution in [3.63, 3.8) is 0 Å². The molecule has 0 radical (unpaired) electrons. The molecule has 1 saturated heterocycles. The van der Waals surface area contributed by atoms with Crippen LogP contribution in [0.2, 0.25) is 0 Å². The van der Waals surface area contributed by atoms with Crippen molar-refractivity contribution in [2.75, 3.05) is 44.8 Å². The zero-order valence-electron chi connectivity index (χ0n) is 12.1. The summed E-state index contributed by atoms with van der Waals surface area (Å²) in [4.78, 5) is 22.6. The molecule has 0 N–H and O–H groups in total. The van der Waals surface area contributed by atoms with Gasteiger partial charge in [-0.3, -0.25) is 4.79 Å². The third kappa shape index (κ3) is 4.06. The largest absolute Gasteiger partial charge is 0.433 e. The molecule has 0 bridgehead atoms. The number of hydrogen-bond acceptors (Lipinski definition) is 5. The fourth-order valence-electron chi connectivity index (χ4n) is 2.16. The summed E-state index contributed by atoms with van der Waals surface area (Å²) in [6.45, 7) is 2.03. The minimum Gasteiger partial charge on any atom is -0.384 e. The van der Waals surface area contributed by atoms with E-state index in [4.69, 9.17) is 4.74 Å². The number of ether oxygens (including phenoxy) is 1. The Balaban J connectivity index is 1.96. The van der Waals surface area contributed by atoms with Crippen LogP contribution < -0.4 is 4.90 Å². The highest BCUT2D eigenvalue weighted by atomic mass is 19.4. The highest BCUT2D eigenvalue weighted by Crippen LogP contribution is 2.28. The Kier molecular flexibility index (Phi) is 5.17. The van der Waals surface area contributed by atoms with E-state index in [1.54, 1.807) is 9.80 Å². The second-order valence-corrected chi connectivity index (χ2v) is 4.85. The molecule has 9 heteroatoms. The number of nitrogens with zero attached hydrogens (tertiary/aromatic N) is 4. The van der Waals surface area contributed by atoms with Crippen LogP contribution in [0.15, 0.2) is 12.3 Å². The zero-order valence-corrected chi connectivity index (χ0v) is 12.1. The lowest BCUT2D eigenvalue weighted by molar-refractivity contribution is -0.141. The second kappa shape index (κ2) is 6.91. The number of methoxy groups -OCH3 is 1. The number of hydrogen-bond donors (Lipinski definition) is 0. The van der Waals surface area contributed by atoms with Gasteiger partial charge in [0.25, 0.3) is 0 Å². The number of carbonyl (C=O) groups is 1. The molecular weight excluding hydrogens is 301 g/mol. The third-order valence-electron chi connectivity index (χ3n) is 3.37. The predicted molar refractivity (Wildman–Crippen MR) is 72.3 cm³/mol. The summed E-state index contributed by atoms with van der Waals surface area (Å²) in [5.74, 6) is 0.0188. The van der Waals surface area contributed by atoms with Crippen molar-refractivity contribution >= 4 is 11.9 Å². The van der Waals surface area contributed by atoms with Gasteiger partial charge in [0.2, 0.25) is 11.9 Å². The van der Waals surface area contributed by atoms with Gasteiger partial charge in [-0.15, -0.1) is 0 Å². The third-order valence-corrected chi connectivity index (χ3v) is 3.37. The van der Waals surface area contributed by atoms with Gasteiger partial charge >= 0.3 is 6.18 Å². The van der Waals surface area contributed by atoms with Crippen molar-refractivity contribution in [2.24, 2.45) is 0 Å². The summed E-state index contributed by atoms with van der Waals surface area (Å²) in [7, 11) is 1.52. The zero-order chi connectivity index (χ0) is 16.2. The normalized spacial score (nSPS) is 16.0. The molecule has 1 aromatic rings. The quantitative estimate of drug-likeness (QED) is 0.834. The molecule has 1 fully saturated rings. The number of halogens is 3. The summed E-state index contributed by atoms with van der Waals surface area (Å²) >= 11 is 0. The minimum absolute atomic E-state index is 0.0218. The maximum atomic E-state index is 12.6. The van der Waals surface area contributed by atoms with Gasteiger partial charge in [0.15, 0.2) is 0 Å². The molecular formula is C13H17F3N4O2. The highest BCUT2D eigenvalue weighted by Gasteiger charge is 2.33. The molecule has 0 saturated carbocycles. The van der Waals surface area contributed by atoms with Crippen LogP contribution in [0.25, 0.3) is 0 Å². The Morgan fingerprint density at radius 1 is 1.32 bits per heavy atom. The summed E-state index contributed by atoms with van der Waals surface area (Å²) in [5, 5.41) is 0. The van der Waals surface area contributed by atoms with E-state index in [-0.39, 0.29) is 11.9 Å². The minimum atomic E-state index is -4.49. The average molecular weight is 318 g/mol. The van der Waals surface area contributed by atoms with E-state index in [0.29, 0.717) is 39.2 Å². The number of alkyl halides is 3. The number of anilines is 1. The molecule has 122 valence electrons. The van der Waals surface area contributed by atoms with E-state index in [1.807, 2.05) is 0 Å². The molecule has 1 aromatic heterocycles. The van der Waals surface area contributed by atoms with Crippen molar-refractivity contribution in [2.45, 2.75) is 12.6 Å². The number of aromatic nitrogens is 2. The SMILES string of the molecule is COCCC(=O)N1CCN(c2nccc(C(F)(F)F)n2)CC1. The molecule has 1 amide bonds. The first-order valence-electron chi connectivity index (χ1n) is 6.83. The van der Waals surface area contributed by atoms with E-state index in [0.717, 1.165) is 12.3 Å². The molecule has 22 heavy (non-hydrogen) atoms. The Morgan fingerprint density at radius 2 is 2.00 bits per heavy atom. The van der Waals surface area contributed by atoms with Crippen molar-refractivity contribution in [1.29, 1.82) is 0 Å². The van der Waals surface area contributed by atoms with Crippen LogP contribution in [0.3, 0.4) is 0 Å². The van der Waals surface area contributed by atoms with Crippen LogP contribution in [0.5, 0.6) is 0 Å². The molecule has 0 spiro atoms. The van der Waals surface area contributed by atoms with Gasteiger partial charge in [-0.1, -0.05) is 0 Å². The maximum absolute atomic E-state index is 12.6. The molecule has 0 aromatic carbocycles. The summed E-state index contributed by atoms with van der Waals surface area (Å²) < 4.78 is 42.8. The predicted octanol–water partition coefficient (Wildman–Crippen LogP) is 1.18. The first-order valence-corrected chi connectivity index (χ1v) is 6.83. The summed E-state index contributed by atoms with van der Waals surface area (Å²) in [5.41, 5.74) is -0.962. The van der Waals surface area contributed by atoms with Gasteiger partial charge in [0.1, 0.15) is 5.69 Å². The molecule has 2 heterocycles. The van der Waals surface area contributed by atoms with E-state index >= 15 is 0 Å². The van der Waals surface area contributed by atoms with E-state index in [9.17, 15) is 18.0 Å². The Labute approximate surface area is 125 Å². The van der Waals surface area contributed by atoms with E-state index in [2.05, 4.69) is 9.97 Å². The van der Waals surface area contributed by atoms with Gasteiger partial charge in [0, 0.05) is 39.5 Å². The van der Waals surface area contributed by atoms with Crippen LogP contribution in [0, 0.1) is 0 Å². The van der Waals surface area contributed by atoms with E-state index in [1.165, 1.54) is 7.11 Å². The standard InChI is InChI=1S/C13H17F3N4O2/c1-22-9-3-11(21)19-5-7-20(8-6-19)12-17-4-2-10(18-12)13(14,15)16/h2,4H,3,5-9H2,1H3. The Hall–Kier alpha value is -1.90. The fourth-order valence-corrected chi connectivity index (χ4v) is 2.16. The topological polar surface area (TPSA) is 58.6 Å². The number of amides is 1. The number of carbonyl (C=O) groups excluding carboxylic acids is 1. The van der Waals surface area contributed by atoms with Gasteiger partial charge in [0.05, 0.1) is 13.0 Å². The molecule has 2 rings (SSSR count). The maximum Gasteiger partial charge on any atom is 0.433 e. The van der Waals surface area contributed by atoms with Gasteiger partial charge in [-0.2, -0.15) is 13.2 Å². The van der Waals surface area contributed by atoms with Crippen LogP contribution in [-0.4, -0.2) is 60.7 Å². The van der Waals surface area contributed by atoms with Crippen molar-refractivity contribution in [1.82, 2.24) is 14.9 Å². The lowest BCUT2D eigenvalue weighted by atomic mass is 10.3. The molecule has 1 aliphatic heterocycles. The molecule has 1 aliphatic rings. The first kappa shape index (κ1) is 16.5. The fraction of sp³-hybridized carbons (Fsp3) is 0.615. The van der Waals surface area contributed by atoms with Crippen LogP contribution in [-0.2, 0) is 15.7 Å². The van der Waals surface area contributed by atoms with Crippen molar-refractivity contribution < 1.29 is 22.7 Å². The van der Waals surface area contributed by atoms with Crippen LogP contribution >= 0.6 is 0 Å². The van der Waals surface area contributed by atoms with Crippen molar-refractivity contribution in [3.05, 3.63) is 18.0 Å². The molecule has 0 unspecified atom stereocenters.